The normalized spacial score (nSPS) is 22.3. The highest BCUT2D eigenvalue weighted by Gasteiger charge is 2.66. The number of anilines is 1. The van der Waals surface area contributed by atoms with Crippen LogP contribution in [0.4, 0.5) is 5.13 Å². The number of thiazole rings is 1. The van der Waals surface area contributed by atoms with Gasteiger partial charge in [0, 0.05) is 5.38 Å². The molecule has 22 heavy (non-hydrogen) atoms. The minimum Gasteiger partial charge on any atom is -0.375 e. The summed E-state index contributed by atoms with van der Waals surface area (Å²) in [4.78, 5) is 17.0. The Morgan fingerprint density at radius 2 is 2.00 bits per heavy atom. The average molecular weight is 315 g/mol. The molecule has 1 aliphatic rings. The molecule has 1 fully saturated rings. The van der Waals surface area contributed by atoms with Gasteiger partial charge in [-0.25, -0.2) is 4.98 Å². The van der Waals surface area contributed by atoms with Gasteiger partial charge in [-0.05, 0) is 24.3 Å². The van der Waals surface area contributed by atoms with Gasteiger partial charge < -0.3 is 11.1 Å². The maximum Gasteiger partial charge on any atom is 0.231 e. The number of carbonyl (C=O) groups excluding carboxylic acids is 1. The van der Waals surface area contributed by atoms with Gasteiger partial charge in [0.05, 0.1) is 17.7 Å². The van der Waals surface area contributed by atoms with Crippen LogP contribution in [0.15, 0.2) is 29.6 Å². The van der Waals surface area contributed by atoms with Crippen LogP contribution in [0, 0.1) is 12.3 Å². The molecule has 1 saturated carbocycles. The number of aromatic nitrogens is 1. The molecule has 0 aliphatic heterocycles. The van der Waals surface area contributed by atoms with E-state index >= 15 is 0 Å². The number of hydrogen-bond donors (Lipinski definition) is 2. The van der Waals surface area contributed by atoms with Gasteiger partial charge in [0.15, 0.2) is 5.13 Å². The van der Waals surface area contributed by atoms with Crippen LogP contribution in [-0.4, -0.2) is 10.9 Å². The molecule has 1 aromatic heterocycles. The third-order valence-corrected chi connectivity index (χ3v) is 5.39. The summed E-state index contributed by atoms with van der Waals surface area (Å²) >= 11 is 1.39. The summed E-state index contributed by atoms with van der Waals surface area (Å²) in [5.41, 5.74) is 8.29. The molecule has 0 unspecified atom stereocenters. The van der Waals surface area contributed by atoms with Crippen molar-refractivity contribution in [2.75, 3.05) is 5.73 Å². The molecule has 3 N–H and O–H groups in total. The zero-order chi connectivity index (χ0) is 16.0. The predicted octanol–water partition coefficient (Wildman–Crippen LogP) is 3.02. The first-order chi connectivity index (χ1) is 10.3. The van der Waals surface area contributed by atoms with Crippen molar-refractivity contribution in [3.05, 3.63) is 46.5 Å². The van der Waals surface area contributed by atoms with Gasteiger partial charge in [-0.2, -0.15) is 0 Å². The Morgan fingerprint density at radius 3 is 2.50 bits per heavy atom. The van der Waals surface area contributed by atoms with Crippen molar-refractivity contribution in [1.29, 1.82) is 0 Å². The third kappa shape index (κ3) is 2.39. The third-order valence-electron chi connectivity index (χ3n) is 4.67. The maximum absolute atomic E-state index is 12.8. The van der Waals surface area contributed by atoms with Crippen molar-refractivity contribution in [1.82, 2.24) is 10.3 Å². The highest BCUT2D eigenvalue weighted by atomic mass is 32.1. The molecule has 116 valence electrons. The van der Waals surface area contributed by atoms with Crippen molar-refractivity contribution < 1.29 is 4.79 Å². The second-order valence-electron chi connectivity index (χ2n) is 6.69. The van der Waals surface area contributed by atoms with E-state index in [0.29, 0.717) is 11.7 Å². The molecule has 1 amide bonds. The largest absolute Gasteiger partial charge is 0.375 e. The Balaban J connectivity index is 1.79. The van der Waals surface area contributed by atoms with Crippen molar-refractivity contribution in [2.24, 2.45) is 5.41 Å². The van der Waals surface area contributed by atoms with Gasteiger partial charge in [-0.3, -0.25) is 4.79 Å². The highest BCUT2D eigenvalue weighted by Crippen LogP contribution is 2.64. The standard InChI is InChI=1S/C17H21N3OS/c1-11-4-6-12(7-5-11)17(10-16(17,2)3)14(21)19-8-13-9-22-15(18)20-13/h4-7,9H,8,10H2,1-3H3,(H2,18,20)(H,19,21)/t17-/m1/s1. The number of amides is 1. The number of nitrogens with one attached hydrogen (secondary N) is 1. The lowest BCUT2D eigenvalue weighted by Crippen LogP contribution is -2.37. The fourth-order valence-corrected chi connectivity index (χ4v) is 3.76. The van der Waals surface area contributed by atoms with Crippen LogP contribution in [0.2, 0.25) is 0 Å². The van der Waals surface area contributed by atoms with Gasteiger partial charge in [-0.1, -0.05) is 43.7 Å². The molecule has 1 aliphatic carbocycles. The van der Waals surface area contributed by atoms with E-state index in [1.54, 1.807) is 0 Å². The fraction of sp³-hybridized carbons (Fsp3) is 0.412. The lowest BCUT2D eigenvalue weighted by Gasteiger charge is -2.20. The van der Waals surface area contributed by atoms with Crippen molar-refractivity contribution in [3.63, 3.8) is 0 Å². The number of nitrogen functional groups attached to an aromatic ring is 1. The van der Waals surface area contributed by atoms with Crippen molar-refractivity contribution >= 4 is 22.4 Å². The van der Waals surface area contributed by atoms with E-state index in [9.17, 15) is 4.79 Å². The Hall–Kier alpha value is -1.88. The molecule has 1 aromatic carbocycles. The molecule has 0 saturated heterocycles. The summed E-state index contributed by atoms with van der Waals surface area (Å²) in [5, 5.41) is 5.45. The van der Waals surface area contributed by atoms with Crippen LogP contribution < -0.4 is 11.1 Å². The number of nitrogens with two attached hydrogens (primary N) is 1. The average Bonchev–Trinajstić information content (AvgIpc) is 2.84. The molecule has 5 heteroatoms. The summed E-state index contributed by atoms with van der Waals surface area (Å²) < 4.78 is 0. The molecule has 3 rings (SSSR count). The van der Waals surface area contributed by atoms with Crippen LogP contribution >= 0.6 is 11.3 Å². The van der Waals surface area contributed by atoms with Crippen LogP contribution in [-0.2, 0) is 16.8 Å². The van der Waals surface area contributed by atoms with Gasteiger partial charge in [0.2, 0.25) is 5.91 Å². The molecular weight excluding hydrogens is 294 g/mol. The zero-order valence-corrected chi connectivity index (χ0v) is 14.0. The van der Waals surface area contributed by atoms with Crippen LogP contribution in [0.3, 0.4) is 0 Å². The Morgan fingerprint density at radius 1 is 1.36 bits per heavy atom. The summed E-state index contributed by atoms with van der Waals surface area (Å²) in [6.45, 7) is 6.78. The number of hydrogen-bond acceptors (Lipinski definition) is 4. The van der Waals surface area contributed by atoms with Crippen LogP contribution in [0.5, 0.6) is 0 Å². The minimum absolute atomic E-state index is 0.0204. The Bertz CT molecular complexity index is 705. The van der Waals surface area contributed by atoms with E-state index in [0.717, 1.165) is 17.7 Å². The molecular formula is C17H21N3OS. The molecule has 0 spiro atoms. The maximum atomic E-state index is 12.8. The van der Waals surface area contributed by atoms with Crippen LogP contribution in [0.25, 0.3) is 0 Å². The lowest BCUT2D eigenvalue weighted by atomic mass is 9.86. The molecule has 4 nitrogen and oxygen atoms in total. The van der Waals surface area contributed by atoms with Gasteiger partial charge in [-0.15, -0.1) is 11.3 Å². The van der Waals surface area contributed by atoms with E-state index in [2.05, 4.69) is 55.3 Å². The van der Waals surface area contributed by atoms with E-state index in [1.165, 1.54) is 16.9 Å². The molecule has 1 heterocycles. The van der Waals surface area contributed by atoms with Gasteiger partial charge >= 0.3 is 0 Å². The zero-order valence-electron chi connectivity index (χ0n) is 13.1. The first kappa shape index (κ1) is 15.0. The SMILES string of the molecule is Cc1ccc([C@@]2(C(=O)NCc3csc(N)n3)CC2(C)C)cc1. The summed E-state index contributed by atoms with van der Waals surface area (Å²) in [6.07, 6.45) is 0.869. The van der Waals surface area contributed by atoms with E-state index in [4.69, 9.17) is 5.73 Å². The number of rotatable bonds is 4. The summed E-state index contributed by atoms with van der Waals surface area (Å²) in [6, 6.07) is 8.29. The molecule has 2 aromatic rings. The van der Waals surface area contributed by atoms with Gasteiger partial charge in [0.1, 0.15) is 0 Å². The molecule has 0 bridgehead atoms. The van der Waals surface area contributed by atoms with E-state index < -0.39 is 5.41 Å². The Kier molecular flexibility index (Phi) is 3.48. The quantitative estimate of drug-likeness (QED) is 0.911. The lowest BCUT2D eigenvalue weighted by molar-refractivity contribution is -0.124. The smallest absolute Gasteiger partial charge is 0.231 e. The second-order valence-corrected chi connectivity index (χ2v) is 7.58. The predicted molar refractivity (Wildman–Crippen MR) is 89.6 cm³/mol. The van der Waals surface area contributed by atoms with Crippen molar-refractivity contribution in [3.8, 4) is 0 Å². The number of aryl methyl sites for hydroxylation is 1. The van der Waals surface area contributed by atoms with Crippen molar-refractivity contribution in [2.45, 2.75) is 39.2 Å². The second kappa shape index (κ2) is 5.09. The van der Waals surface area contributed by atoms with E-state index in [1.807, 2.05) is 5.38 Å². The number of nitrogens with zero attached hydrogens (tertiary/aromatic N) is 1. The molecule has 0 radical (unpaired) electrons. The van der Waals surface area contributed by atoms with Crippen LogP contribution in [0.1, 0.15) is 37.1 Å². The topological polar surface area (TPSA) is 68.0 Å². The summed E-state index contributed by atoms with van der Waals surface area (Å²) in [5.74, 6) is 0.0768. The highest BCUT2D eigenvalue weighted by molar-refractivity contribution is 7.13. The number of benzene rings is 1. The first-order valence-corrected chi connectivity index (χ1v) is 8.28. The first-order valence-electron chi connectivity index (χ1n) is 7.40. The Labute approximate surface area is 134 Å². The van der Waals surface area contributed by atoms with E-state index in [-0.39, 0.29) is 11.3 Å². The number of carbonyl (C=O) groups is 1. The summed E-state index contributed by atoms with van der Waals surface area (Å²) in [7, 11) is 0. The monoisotopic (exact) mass is 315 g/mol. The fourth-order valence-electron chi connectivity index (χ4n) is 3.19. The molecule has 1 atom stereocenters. The van der Waals surface area contributed by atoms with Gasteiger partial charge in [0.25, 0.3) is 0 Å². The minimum atomic E-state index is -0.428.